The zero-order chi connectivity index (χ0) is 11.4. The lowest BCUT2D eigenvalue weighted by atomic mass is 9.92. The highest BCUT2D eigenvalue weighted by molar-refractivity contribution is 5.80. The van der Waals surface area contributed by atoms with Crippen molar-refractivity contribution in [3.05, 3.63) is 0 Å². The topological polar surface area (TPSA) is 52.3 Å². The number of ether oxygens (including phenoxy) is 1. The number of hydrogen-bond donors (Lipinski definition) is 1. The first kappa shape index (κ1) is 11.9. The highest BCUT2D eigenvalue weighted by Gasteiger charge is 2.36. The van der Waals surface area contributed by atoms with Crippen molar-refractivity contribution in [2.24, 2.45) is 11.7 Å². The monoisotopic (exact) mass is 225 g/mol. The molecule has 2 aliphatic carbocycles. The Morgan fingerprint density at radius 1 is 1.19 bits per heavy atom. The van der Waals surface area contributed by atoms with Gasteiger partial charge >= 0.3 is 5.97 Å². The van der Waals surface area contributed by atoms with Crippen LogP contribution in [0.3, 0.4) is 0 Å². The summed E-state index contributed by atoms with van der Waals surface area (Å²) in [5, 5.41) is 0. The molecule has 3 heteroatoms. The highest BCUT2D eigenvalue weighted by atomic mass is 16.5. The van der Waals surface area contributed by atoms with Gasteiger partial charge in [-0.05, 0) is 25.2 Å². The Hall–Kier alpha value is -0.570. The average molecular weight is 225 g/mol. The van der Waals surface area contributed by atoms with E-state index in [9.17, 15) is 4.79 Å². The zero-order valence-electron chi connectivity index (χ0n) is 10.0. The molecule has 2 aliphatic rings. The summed E-state index contributed by atoms with van der Waals surface area (Å²) >= 11 is 0. The molecule has 0 aromatic rings. The predicted molar refractivity (Wildman–Crippen MR) is 62.9 cm³/mol. The third-order valence-corrected chi connectivity index (χ3v) is 3.86. The SMILES string of the molecule is NC1(C(=O)OCCC2CC2)CCCCCC1. The van der Waals surface area contributed by atoms with Gasteiger partial charge in [0.2, 0.25) is 0 Å². The first-order chi connectivity index (χ1) is 7.71. The Labute approximate surface area is 97.7 Å². The van der Waals surface area contributed by atoms with E-state index in [4.69, 9.17) is 10.5 Å². The summed E-state index contributed by atoms with van der Waals surface area (Å²) in [6, 6.07) is 0. The third kappa shape index (κ3) is 3.21. The van der Waals surface area contributed by atoms with Crippen LogP contribution in [0.2, 0.25) is 0 Å². The Kier molecular flexibility index (Phi) is 3.85. The van der Waals surface area contributed by atoms with Crippen molar-refractivity contribution in [3.8, 4) is 0 Å². The first-order valence-electron chi connectivity index (χ1n) is 6.67. The van der Waals surface area contributed by atoms with Crippen LogP contribution in [-0.2, 0) is 9.53 Å². The molecule has 2 N–H and O–H groups in total. The molecule has 2 saturated carbocycles. The van der Waals surface area contributed by atoms with Crippen molar-refractivity contribution >= 4 is 5.97 Å². The summed E-state index contributed by atoms with van der Waals surface area (Å²) in [4.78, 5) is 11.9. The second kappa shape index (κ2) is 5.17. The molecule has 0 spiro atoms. The van der Waals surface area contributed by atoms with Crippen molar-refractivity contribution in [2.45, 2.75) is 63.3 Å². The van der Waals surface area contributed by atoms with E-state index in [-0.39, 0.29) is 5.97 Å². The van der Waals surface area contributed by atoms with E-state index in [1.807, 2.05) is 0 Å². The molecular weight excluding hydrogens is 202 g/mol. The normalized spacial score (nSPS) is 24.8. The van der Waals surface area contributed by atoms with Crippen LogP contribution in [0.1, 0.15) is 57.8 Å². The molecule has 0 aliphatic heterocycles. The van der Waals surface area contributed by atoms with Crippen LogP contribution in [-0.4, -0.2) is 18.1 Å². The van der Waals surface area contributed by atoms with Gasteiger partial charge in [-0.3, -0.25) is 4.79 Å². The molecule has 0 atom stereocenters. The van der Waals surface area contributed by atoms with Crippen LogP contribution in [0.4, 0.5) is 0 Å². The van der Waals surface area contributed by atoms with E-state index in [1.54, 1.807) is 0 Å². The first-order valence-corrected chi connectivity index (χ1v) is 6.67. The lowest BCUT2D eigenvalue weighted by molar-refractivity contribution is -0.151. The molecule has 0 unspecified atom stereocenters. The largest absolute Gasteiger partial charge is 0.464 e. The van der Waals surface area contributed by atoms with Gasteiger partial charge in [0.05, 0.1) is 6.61 Å². The lowest BCUT2D eigenvalue weighted by Crippen LogP contribution is -2.48. The highest BCUT2D eigenvalue weighted by Crippen LogP contribution is 2.32. The smallest absolute Gasteiger partial charge is 0.326 e. The van der Waals surface area contributed by atoms with Gasteiger partial charge in [0.1, 0.15) is 5.54 Å². The number of rotatable bonds is 4. The van der Waals surface area contributed by atoms with Crippen molar-refractivity contribution in [1.29, 1.82) is 0 Å². The van der Waals surface area contributed by atoms with Crippen LogP contribution in [0, 0.1) is 5.92 Å². The molecule has 92 valence electrons. The van der Waals surface area contributed by atoms with Gasteiger partial charge in [-0.15, -0.1) is 0 Å². The predicted octanol–water partition coefficient (Wildman–Crippen LogP) is 2.38. The minimum Gasteiger partial charge on any atom is -0.464 e. The summed E-state index contributed by atoms with van der Waals surface area (Å²) in [5.74, 6) is 0.658. The van der Waals surface area contributed by atoms with Gasteiger partial charge in [0, 0.05) is 0 Å². The molecule has 0 amide bonds. The molecular formula is C13H23NO2. The average Bonchev–Trinajstić information content (AvgIpc) is 3.06. The van der Waals surface area contributed by atoms with E-state index in [0.717, 1.165) is 38.0 Å². The van der Waals surface area contributed by atoms with Gasteiger partial charge < -0.3 is 10.5 Å². The second-order valence-corrected chi connectivity index (χ2v) is 5.44. The molecule has 2 rings (SSSR count). The maximum absolute atomic E-state index is 11.9. The van der Waals surface area contributed by atoms with Crippen molar-refractivity contribution in [1.82, 2.24) is 0 Å². The molecule has 0 heterocycles. The fourth-order valence-corrected chi connectivity index (χ4v) is 2.43. The Balaban J connectivity index is 1.75. The molecule has 0 aromatic carbocycles. The number of hydrogen-bond acceptors (Lipinski definition) is 3. The number of esters is 1. The lowest BCUT2D eigenvalue weighted by Gasteiger charge is -2.25. The fourth-order valence-electron chi connectivity index (χ4n) is 2.43. The molecule has 0 aromatic heterocycles. The summed E-state index contributed by atoms with van der Waals surface area (Å²) in [6.45, 7) is 0.572. The van der Waals surface area contributed by atoms with E-state index >= 15 is 0 Å². The van der Waals surface area contributed by atoms with Crippen LogP contribution in [0.15, 0.2) is 0 Å². The van der Waals surface area contributed by atoms with E-state index in [1.165, 1.54) is 25.7 Å². The molecule has 3 nitrogen and oxygen atoms in total. The van der Waals surface area contributed by atoms with Gasteiger partial charge in [-0.1, -0.05) is 38.5 Å². The zero-order valence-corrected chi connectivity index (χ0v) is 10.0. The fraction of sp³-hybridized carbons (Fsp3) is 0.923. The number of carbonyl (C=O) groups is 1. The third-order valence-electron chi connectivity index (χ3n) is 3.86. The Morgan fingerprint density at radius 2 is 1.81 bits per heavy atom. The maximum atomic E-state index is 11.9. The molecule has 2 fully saturated rings. The standard InChI is InChI=1S/C13H23NO2/c14-13(8-3-1-2-4-9-13)12(15)16-10-7-11-5-6-11/h11H,1-10,14H2. The van der Waals surface area contributed by atoms with E-state index in [0.29, 0.717) is 6.61 Å². The molecule has 16 heavy (non-hydrogen) atoms. The number of nitrogens with two attached hydrogens (primary N) is 1. The second-order valence-electron chi connectivity index (χ2n) is 5.44. The van der Waals surface area contributed by atoms with Crippen LogP contribution < -0.4 is 5.73 Å². The summed E-state index contributed by atoms with van der Waals surface area (Å²) in [6.07, 6.45) is 9.79. The summed E-state index contributed by atoms with van der Waals surface area (Å²) < 4.78 is 5.33. The molecule has 0 saturated heterocycles. The van der Waals surface area contributed by atoms with E-state index in [2.05, 4.69) is 0 Å². The van der Waals surface area contributed by atoms with Crippen LogP contribution >= 0.6 is 0 Å². The van der Waals surface area contributed by atoms with Gasteiger partial charge in [-0.25, -0.2) is 0 Å². The quantitative estimate of drug-likeness (QED) is 0.590. The van der Waals surface area contributed by atoms with Crippen molar-refractivity contribution < 1.29 is 9.53 Å². The minimum atomic E-state index is -0.681. The maximum Gasteiger partial charge on any atom is 0.326 e. The van der Waals surface area contributed by atoms with E-state index < -0.39 is 5.54 Å². The molecule has 0 radical (unpaired) electrons. The minimum absolute atomic E-state index is 0.157. The van der Waals surface area contributed by atoms with Crippen LogP contribution in [0.25, 0.3) is 0 Å². The Morgan fingerprint density at radius 3 is 2.38 bits per heavy atom. The summed E-state index contributed by atoms with van der Waals surface area (Å²) in [5.41, 5.74) is 5.48. The van der Waals surface area contributed by atoms with Gasteiger partial charge in [-0.2, -0.15) is 0 Å². The van der Waals surface area contributed by atoms with Crippen molar-refractivity contribution in [3.63, 3.8) is 0 Å². The van der Waals surface area contributed by atoms with Crippen molar-refractivity contribution in [2.75, 3.05) is 6.61 Å². The van der Waals surface area contributed by atoms with Gasteiger partial charge in [0.15, 0.2) is 0 Å². The Bertz CT molecular complexity index is 240. The summed E-state index contributed by atoms with van der Waals surface area (Å²) in [7, 11) is 0. The molecule has 0 bridgehead atoms. The van der Waals surface area contributed by atoms with Crippen LogP contribution in [0.5, 0.6) is 0 Å². The number of carbonyl (C=O) groups excluding carboxylic acids is 1. The van der Waals surface area contributed by atoms with Gasteiger partial charge in [0.25, 0.3) is 0 Å².